The molecule has 8 nitrogen and oxygen atoms in total. The molecule has 1 unspecified atom stereocenters. The van der Waals surface area contributed by atoms with Crippen molar-refractivity contribution in [3.05, 3.63) is 79.9 Å². The van der Waals surface area contributed by atoms with Crippen LogP contribution in [0.3, 0.4) is 0 Å². The van der Waals surface area contributed by atoms with E-state index in [-0.39, 0.29) is 12.0 Å². The number of carbonyl (C=O) groups is 1. The highest BCUT2D eigenvalue weighted by atomic mass is 16.6. The average Bonchev–Trinajstić information content (AvgIpc) is 2.52. The molecule has 0 saturated heterocycles. The molecule has 0 bridgehead atoms. The molecule has 23 heavy (non-hydrogen) atoms. The summed E-state index contributed by atoms with van der Waals surface area (Å²) in [6.45, 7) is 0. The molecule has 2 aromatic carbocycles. The molecule has 0 radical (unpaired) electrons. The second-order valence-corrected chi connectivity index (χ2v) is 4.84. The molecular weight excluding hydrogens is 304 g/mol. The number of nitro groups is 2. The van der Waals surface area contributed by atoms with E-state index in [9.17, 15) is 30.1 Å². The summed E-state index contributed by atoms with van der Waals surface area (Å²) in [5.41, 5.74) is -0.378. The van der Waals surface area contributed by atoms with Crippen LogP contribution in [-0.4, -0.2) is 20.9 Å². The number of carboxylic acids is 1. The lowest BCUT2D eigenvalue weighted by molar-refractivity contribution is -0.394. The van der Waals surface area contributed by atoms with Gasteiger partial charge in [0, 0.05) is 11.6 Å². The third-order valence-electron chi connectivity index (χ3n) is 3.38. The van der Waals surface area contributed by atoms with E-state index in [0.717, 1.165) is 18.2 Å². The molecule has 0 saturated carbocycles. The summed E-state index contributed by atoms with van der Waals surface area (Å²) in [5.74, 6) is -2.40. The maximum atomic E-state index is 11.5. The highest BCUT2D eigenvalue weighted by Gasteiger charge is 2.30. The van der Waals surface area contributed by atoms with Crippen molar-refractivity contribution in [2.24, 2.45) is 0 Å². The van der Waals surface area contributed by atoms with Crippen LogP contribution in [0.2, 0.25) is 0 Å². The minimum atomic E-state index is -1.23. The van der Waals surface area contributed by atoms with Crippen LogP contribution in [0.15, 0.2) is 48.5 Å². The average molecular weight is 316 g/mol. The van der Waals surface area contributed by atoms with Crippen LogP contribution in [-0.2, 0) is 11.2 Å². The van der Waals surface area contributed by atoms with Crippen LogP contribution in [0, 0.1) is 20.2 Å². The number of nitrogens with zero attached hydrogens (tertiary/aromatic N) is 2. The van der Waals surface area contributed by atoms with Crippen LogP contribution < -0.4 is 0 Å². The fourth-order valence-electron chi connectivity index (χ4n) is 2.28. The summed E-state index contributed by atoms with van der Waals surface area (Å²) >= 11 is 0. The third-order valence-corrected chi connectivity index (χ3v) is 3.38. The predicted octanol–water partition coefficient (Wildman–Crippen LogP) is 2.91. The van der Waals surface area contributed by atoms with Gasteiger partial charge < -0.3 is 5.11 Å². The second-order valence-electron chi connectivity index (χ2n) is 4.84. The highest BCUT2D eigenvalue weighted by Crippen LogP contribution is 2.32. The topological polar surface area (TPSA) is 124 Å². The van der Waals surface area contributed by atoms with E-state index in [1.165, 1.54) is 0 Å². The van der Waals surface area contributed by atoms with Gasteiger partial charge in [-0.15, -0.1) is 0 Å². The van der Waals surface area contributed by atoms with Gasteiger partial charge in [0.2, 0.25) is 0 Å². The van der Waals surface area contributed by atoms with Crippen LogP contribution >= 0.6 is 0 Å². The van der Waals surface area contributed by atoms with Crippen molar-refractivity contribution in [1.29, 1.82) is 0 Å². The normalized spacial score (nSPS) is 11.7. The summed E-state index contributed by atoms with van der Waals surface area (Å²) in [5, 5.41) is 31.3. The van der Waals surface area contributed by atoms with Gasteiger partial charge in [-0.05, 0) is 18.1 Å². The molecule has 0 aliphatic heterocycles. The Kier molecular flexibility index (Phi) is 4.65. The summed E-state index contributed by atoms with van der Waals surface area (Å²) in [6, 6.07) is 11.7. The lowest BCUT2D eigenvalue weighted by Gasteiger charge is -2.13. The molecule has 118 valence electrons. The molecule has 0 aromatic heterocycles. The molecule has 1 N–H and O–H groups in total. The number of non-ortho nitro benzene ring substituents is 1. The summed E-state index contributed by atoms with van der Waals surface area (Å²) in [6.07, 6.45) is 0.0504. The summed E-state index contributed by atoms with van der Waals surface area (Å²) < 4.78 is 0. The summed E-state index contributed by atoms with van der Waals surface area (Å²) in [7, 11) is 0. The van der Waals surface area contributed by atoms with Gasteiger partial charge in [-0.3, -0.25) is 25.0 Å². The van der Waals surface area contributed by atoms with Gasteiger partial charge in [0.15, 0.2) is 0 Å². The van der Waals surface area contributed by atoms with Crippen LogP contribution in [0.25, 0.3) is 0 Å². The zero-order chi connectivity index (χ0) is 17.0. The van der Waals surface area contributed by atoms with E-state index in [0.29, 0.717) is 5.56 Å². The van der Waals surface area contributed by atoms with E-state index in [1.54, 1.807) is 30.3 Å². The van der Waals surface area contributed by atoms with Gasteiger partial charge in [0.25, 0.3) is 11.4 Å². The molecule has 8 heteroatoms. The quantitative estimate of drug-likeness (QED) is 0.645. The largest absolute Gasteiger partial charge is 0.481 e. The molecule has 0 aliphatic carbocycles. The Hall–Kier alpha value is -3.29. The van der Waals surface area contributed by atoms with E-state index >= 15 is 0 Å². The first kappa shape index (κ1) is 16.1. The Labute approximate surface area is 130 Å². The zero-order valence-electron chi connectivity index (χ0n) is 11.8. The molecule has 0 fully saturated rings. The Bertz CT molecular complexity index is 760. The fraction of sp³-hybridized carbons (Fsp3) is 0.133. The number of benzene rings is 2. The van der Waals surface area contributed by atoms with Crippen molar-refractivity contribution >= 4 is 17.3 Å². The van der Waals surface area contributed by atoms with Crippen molar-refractivity contribution < 1.29 is 19.7 Å². The van der Waals surface area contributed by atoms with Crippen molar-refractivity contribution in [2.75, 3.05) is 0 Å². The molecule has 0 spiro atoms. The molecular formula is C15H12N2O6. The number of hydrogen-bond acceptors (Lipinski definition) is 5. The standard InChI is InChI=1S/C15H12N2O6/c18-15(19)13(8-10-4-2-1-3-5-10)12-7-6-11(16(20)21)9-14(12)17(22)23/h1-7,9,13H,8H2,(H,18,19). The van der Waals surface area contributed by atoms with E-state index in [2.05, 4.69) is 0 Å². The monoisotopic (exact) mass is 316 g/mol. The molecule has 1 atom stereocenters. The Morgan fingerprint density at radius 1 is 1.04 bits per heavy atom. The number of nitro benzene ring substituents is 2. The van der Waals surface area contributed by atoms with Gasteiger partial charge in [0.1, 0.15) is 0 Å². The number of rotatable bonds is 6. The first-order valence-electron chi connectivity index (χ1n) is 6.59. The van der Waals surface area contributed by atoms with Crippen LogP contribution in [0.5, 0.6) is 0 Å². The predicted molar refractivity (Wildman–Crippen MR) is 80.3 cm³/mol. The fourth-order valence-corrected chi connectivity index (χ4v) is 2.28. The smallest absolute Gasteiger partial charge is 0.311 e. The van der Waals surface area contributed by atoms with Crippen molar-refractivity contribution in [3.8, 4) is 0 Å². The van der Waals surface area contributed by atoms with E-state index in [1.807, 2.05) is 0 Å². The highest BCUT2D eigenvalue weighted by molar-refractivity contribution is 5.78. The number of hydrogen-bond donors (Lipinski definition) is 1. The number of aliphatic carboxylic acids is 1. The van der Waals surface area contributed by atoms with Crippen molar-refractivity contribution in [2.45, 2.75) is 12.3 Å². The summed E-state index contributed by atoms with van der Waals surface area (Å²) in [4.78, 5) is 31.9. The lowest BCUT2D eigenvalue weighted by Crippen LogP contribution is -2.16. The Morgan fingerprint density at radius 2 is 1.70 bits per heavy atom. The second kappa shape index (κ2) is 6.65. The molecule has 0 aliphatic rings. The van der Waals surface area contributed by atoms with Gasteiger partial charge in [-0.1, -0.05) is 30.3 Å². The van der Waals surface area contributed by atoms with Crippen molar-refractivity contribution in [3.63, 3.8) is 0 Å². The molecule has 2 rings (SSSR count). The van der Waals surface area contributed by atoms with Crippen molar-refractivity contribution in [1.82, 2.24) is 0 Å². The number of carboxylic acid groups (broad SMARTS) is 1. The van der Waals surface area contributed by atoms with Gasteiger partial charge in [-0.2, -0.15) is 0 Å². The Morgan fingerprint density at radius 3 is 2.22 bits per heavy atom. The minimum absolute atomic E-state index is 0.0504. The molecule has 0 heterocycles. The van der Waals surface area contributed by atoms with Gasteiger partial charge in [0.05, 0.1) is 21.8 Å². The first-order valence-corrected chi connectivity index (χ1v) is 6.59. The lowest BCUT2D eigenvalue weighted by atomic mass is 9.90. The third kappa shape index (κ3) is 3.67. The van der Waals surface area contributed by atoms with Crippen LogP contribution in [0.1, 0.15) is 17.0 Å². The van der Waals surface area contributed by atoms with Gasteiger partial charge >= 0.3 is 5.97 Å². The molecule has 2 aromatic rings. The zero-order valence-corrected chi connectivity index (χ0v) is 11.8. The first-order chi connectivity index (χ1) is 10.9. The minimum Gasteiger partial charge on any atom is -0.481 e. The Balaban J connectivity index is 2.48. The molecule has 0 amide bonds. The maximum Gasteiger partial charge on any atom is 0.311 e. The maximum absolute atomic E-state index is 11.5. The SMILES string of the molecule is O=C(O)C(Cc1ccccc1)c1ccc([N+](=O)[O-])cc1[N+](=O)[O-]. The van der Waals surface area contributed by atoms with Gasteiger partial charge in [-0.25, -0.2) is 0 Å². The van der Waals surface area contributed by atoms with Crippen LogP contribution in [0.4, 0.5) is 11.4 Å². The van der Waals surface area contributed by atoms with E-state index in [4.69, 9.17) is 0 Å². The van der Waals surface area contributed by atoms with E-state index < -0.39 is 33.1 Å².